The fourth-order valence-corrected chi connectivity index (χ4v) is 2.20. The van der Waals surface area contributed by atoms with Gasteiger partial charge in [0.05, 0.1) is 19.2 Å². The standard InChI is InChI=1S/C14H17NO5/c1-9-7-10(13(16)19-2)3-4-12(9)20-11-5-6-15(8-11)14(17)18/h3-4,7,11H,5-6,8H2,1-2H3,(H,17,18)/t11-/m0/s1. The fraction of sp³-hybridized carbons (Fsp3) is 0.429. The van der Waals surface area contributed by atoms with E-state index in [2.05, 4.69) is 4.74 Å². The van der Waals surface area contributed by atoms with Gasteiger partial charge >= 0.3 is 12.1 Å². The Balaban J connectivity index is 2.04. The first kappa shape index (κ1) is 14.2. The Kier molecular flexibility index (Phi) is 4.12. The molecule has 0 aliphatic carbocycles. The van der Waals surface area contributed by atoms with Gasteiger partial charge in [0, 0.05) is 13.0 Å². The average molecular weight is 279 g/mol. The zero-order valence-corrected chi connectivity index (χ0v) is 11.5. The normalized spacial score (nSPS) is 17.9. The number of hydrogen-bond acceptors (Lipinski definition) is 4. The molecule has 1 saturated heterocycles. The van der Waals surface area contributed by atoms with E-state index < -0.39 is 12.1 Å². The highest BCUT2D eigenvalue weighted by atomic mass is 16.5. The lowest BCUT2D eigenvalue weighted by Gasteiger charge is -2.16. The van der Waals surface area contributed by atoms with Crippen LogP contribution < -0.4 is 4.74 Å². The maximum absolute atomic E-state index is 11.4. The molecule has 0 bridgehead atoms. The van der Waals surface area contributed by atoms with Crippen molar-refractivity contribution >= 4 is 12.1 Å². The van der Waals surface area contributed by atoms with E-state index in [1.165, 1.54) is 12.0 Å². The van der Waals surface area contributed by atoms with Crippen molar-refractivity contribution in [3.05, 3.63) is 29.3 Å². The molecule has 6 heteroatoms. The van der Waals surface area contributed by atoms with Gasteiger partial charge < -0.3 is 19.5 Å². The van der Waals surface area contributed by atoms with Gasteiger partial charge in [0.25, 0.3) is 0 Å². The molecular weight excluding hydrogens is 262 g/mol. The Morgan fingerprint density at radius 2 is 2.15 bits per heavy atom. The predicted molar refractivity (Wildman–Crippen MR) is 71.1 cm³/mol. The highest BCUT2D eigenvalue weighted by molar-refractivity contribution is 5.89. The Bertz CT molecular complexity index is 528. The molecule has 1 aromatic carbocycles. The molecule has 2 rings (SSSR count). The summed E-state index contributed by atoms with van der Waals surface area (Å²) in [7, 11) is 1.33. The third kappa shape index (κ3) is 3.01. The van der Waals surface area contributed by atoms with Crippen molar-refractivity contribution in [2.45, 2.75) is 19.4 Å². The summed E-state index contributed by atoms with van der Waals surface area (Å²) in [5.74, 6) is 0.271. The van der Waals surface area contributed by atoms with Crippen molar-refractivity contribution in [2.75, 3.05) is 20.2 Å². The van der Waals surface area contributed by atoms with E-state index >= 15 is 0 Å². The first-order chi connectivity index (χ1) is 9.51. The Hall–Kier alpha value is -2.24. The summed E-state index contributed by atoms with van der Waals surface area (Å²) in [6, 6.07) is 5.05. The summed E-state index contributed by atoms with van der Waals surface area (Å²) in [6.07, 6.45) is -0.396. The SMILES string of the molecule is COC(=O)c1ccc(O[C@H]2CCN(C(=O)O)C2)c(C)c1. The topological polar surface area (TPSA) is 76.1 Å². The van der Waals surface area contributed by atoms with Gasteiger partial charge in [0.15, 0.2) is 0 Å². The number of carbonyl (C=O) groups is 2. The van der Waals surface area contributed by atoms with E-state index in [0.717, 1.165) is 5.56 Å². The molecule has 1 fully saturated rings. The van der Waals surface area contributed by atoms with E-state index in [-0.39, 0.29) is 6.10 Å². The molecule has 0 spiro atoms. The number of amides is 1. The monoisotopic (exact) mass is 279 g/mol. The van der Waals surface area contributed by atoms with E-state index in [0.29, 0.717) is 30.8 Å². The summed E-state index contributed by atoms with van der Waals surface area (Å²) >= 11 is 0. The van der Waals surface area contributed by atoms with Crippen molar-refractivity contribution in [1.82, 2.24) is 4.90 Å². The third-order valence-electron chi connectivity index (χ3n) is 3.31. The summed E-state index contributed by atoms with van der Waals surface area (Å²) in [4.78, 5) is 23.6. The number of ether oxygens (including phenoxy) is 2. The van der Waals surface area contributed by atoms with Gasteiger partial charge in [0.2, 0.25) is 0 Å². The van der Waals surface area contributed by atoms with Crippen LogP contribution in [0.2, 0.25) is 0 Å². The summed E-state index contributed by atoms with van der Waals surface area (Å²) in [6.45, 7) is 2.69. The second kappa shape index (κ2) is 5.81. The number of esters is 1. The number of aryl methyl sites for hydroxylation is 1. The molecular formula is C14H17NO5. The molecule has 0 unspecified atom stereocenters. The quantitative estimate of drug-likeness (QED) is 0.855. The zero-order valence-electron chi connectivity index (χ0n) is 11.5. The first-order valence-electron chi connectivity index (χ1n) is 6.34. The molecule has 1 atom stereocenters. The largest absolute Gasteiger partial charge is 0.488 e. The van der Waals surface area contributed by atoms with Crippen LogP contribution in [0.3, 0.4) is 0 Å². The molecule has 1 aliphatic rings. The lowest BCUT2D eigenvalue weighted by Crippen LogP contribution is -2.29. The van der Waals surface area contributed by atoms with Crippen LogP contribution in [0.5, 0.6) is 5.75 Å². The second-order valence-electron chi connectivity index (χ2n) is 4.73. The second-order valence-corrected chi connectivity index (χ2v) is 4.73. The van der Waals surface area contributed by atoms with Gasteiger partial charge in [-0.3, -0.25) is 0 Å². The summed E-state index contributed by atoms with van der Waals surface area (Å²) in [5, 5.41) is 8.90. The number of benzene rings is 1. The van der Waals surface area contributed by atoms with Crippen LogP contribution >= 0.6 is 0 Å². The molecule has 1 amide bonds. The number of rotatable bonds is 3. The van der Waals surface area contributed by atoms with Crippen LogP contribution in [-0.2, 0) is 4.74 Å². The maximum Gasteiger partial charge on any atom is 0.407 e. The van der Waals surface area contributed by atoms with Gasteiger partial charge in [-0.05, 0) is 30.7 Å². The van der Waals surface area contributed by atoms with Crippen molar-refractivity contribution in [2.24, 2.45) is 0 Å². The Morgan fingerprint density at radius 3 is 2.70 bits per heavy atom. The minimum atomic E-state index is -0.922. The van der Waals surface area contributed by atoms with Crippen LogP contribution in [0.1, 0.15) is 22.3 Å². The smallest absolute Gasteiger partial charge is 0.407 e. The van der Waals surface area contributed by atoms with E-state index in [9.17, 15) is 9.59 Å². The number of carboxylic acid groups (broad SMARTS) is 1. The first-order valence-corrected chi connectivity index (χ1v) is 6.34. The van der Waals surface area contributed by atoms with Crippen LogP contribution in [0.15, 0.2) is 18.2 Å². The van der Waals surface area contributed by atoms with Crippen LogP contribution in [0.25, 0.3) is 0 Å². The lowest BCUT2D eigenvalue weighted by molar-refractivity contribution is 0.0600. The summed E-state index contributed by atoms with van der Waals surface area (Å²) in [5.41, 5.74) is 1.29. The number of methoxy groups -OCH3 is 1. The summed E-state index contributed by atoms with van der Waals surface area (Å²) < 4.78 is 10.5. The van der Waals surface area contributed by atoms with Crippen LogP contribution in [0.4, 0.5) is 4.79 Å². The Morgan fingerprint density at radius 1 is 1.40 bits per heavy atom. The van der Waals surface area contributed by atoms with Gasteiger partial charge in [-0.15, -0.1) is 0 Å². The predicted octanol–water partition coefficient (Wildman–Crippen LogP) is 1.91. The van der Waals surface area contributed by atoms with E-state index in [1.807, 2.05) is 6.92 Å². The van der Waals surface area contributed by atoms with Crippen LogP contribution in [-0.4, -0.2) is 48.4 Å². The van der Waals surface area contributed by atoms with E-state index in [1.54, 1.807) is 18.2 Å². The number of carbonyl (C=O) groups excluding carboxylic acids is 1. The minimum Gasteiger partial charge on any atom is -0.488 e. The van der Waals surface area contributed by atoms with Crippen molar-refractivity contribution in [3.63, 3.8) is 0 Å². The third-order valence-corrected chi connectivity index (χ3v) is 3.31. The molecule has 1 aromatic rings. The molecule has 1 heterocycles. The number of likely N-dealkylation sites (tertiary alicyclic amines) is 1. The van der Waals surface area contributed by atoms with Crippen molar-refractivity contribution in [1.29, 1.82) is 0 Å². The molecule has 20 heavy (non-hydrogen) atoms. The molecule has 1 N–H and O–H groups in total. The minimum absolute atomic E-state index is 0.145. The molecule has 1 aliphatic heterocycles. The maximum atomic E-state index is 11.4. The zero-order chi connectivity index (χ0) is 14.7. The van der Waals surface area contributed by atoms with Crippen molar-refractivity contribution < 1.29 is 24.2 Å². The molecule has 0 saturated carbocycles. The number of hydrogen-bond donors (Lipinski definition) is 1. The highest BCUT2D eigenvalue weighted by Gasteiger charge is 2.27. The van der Waals surface area contributed by atoms with E-state index in [4.69, 9.17) is 9.84 Å². The van der Waals surface area contributed by atoms with Gasteiger partial charge in [0.1, 0.15) is 11.9 Å². The average Bonchev–Trinajstić information content (AvgIpc) is 2.89. The van der Waals surface area contributed by atoms with Gasteiger partial charge in [-0.25, -0.2) is 9.59 Å². The number of nitrogens with zero attached hydrogens (tertiary/aromatic N) is 1. The lowest BCUT2D eigenvalue weighted by atomic mass is 10.1. The van der Waals surface area contributed by atoms with Gasteiger partial charge in [-0.2, -0.15) is 0 Å². The molecule has 0 aromatic heterocycles. The highest BCUT2D eigenvalue weighted by Crippen LogP contribution is 2.23. The molecule has 6 nitrogen and oxygen atoms in total. The van der Waals surface area contributed by atoms with Crippen molar-refractivity contribution in [3.8, 4) is 5.75 Å². The fourth-order valence-electron chi connectivity index (χ4n) is 2.20. The Labute approximate surface area is 116 Å². The molecule has 108 valence electrons. The van der Waals surface area contributed by atoms with Crippen LogP contribution in [0, 0.1) is 6.92 Å². The van der Waals surface area contributed by atoms with Gasteiger partial charge in [-0.1, -0.05) is 0 Å². The molecule has 0 radical (unpaired) electrons.